The third kappa shape index (κ3) is 6.89. The van der Waals surface area contributed by atoms with E-state index in [4.69, 9.17) is 0 Å². The van der Waals surface area contributed by atoms with E-state index in [1.807, 2.05) is 0 Å². The zero-order valence-corrected chi connectivity index (χ0v) is 27.6. The van der Waals surface area contributed by atoms with Crippen LogP contribution in [0.4, 0.5) is 70.2 Å². The average Bonchev–Trinajstić information content (AvgIpc) is 2.92. The Balaban J connectivity index is 0.000000521. The molecular weight excluding hydrogens is 706 g/mol. The first kappa shape index (κ1) is 41.2. The van der Waals surface area contributed by atoms with Crippen LogP contribution in [-0.2, 0) is 0 Å². The number of rotatable bonds is 3. The molecule has 0 aliphatic heterocycles. The fourth-order valence-corrected chi connectivity index (χ4v) is 13.5. The Labute approximate surface area is 266 Å². The van der Waals surface area contributed by atoms with Gasteiger partial charge in [0.15, 0.2) is 52.4 Å². The minimum atomic E-state index is -6.91. The Kier molecular flexibility index (Phi) is 11.5. The molecule has 0 unspecified atom stereocenters. The lowest BCUT2D eigenvalue weighted by Crippen LogP contribution is -2.70. The van der Waals surface area contributed by atoms with Crippen LogP contribution in [0.2, 0.25) is 0 Å². The summed E-state index contributed by atoms with van der Waals surface area (Å²) in [6, 6.07) is 0. The highest BCUT2D eigenvalue weighted by atomic mass is 31.1. The maximum Gasteiger partial charge on any atom is 0.251 e. The molecule has 3 aromatic carbocycles. The number of benzene rings is 3. The molecule has 0 nitrogen and oxygen atoms in total. The molecule has 18 heteroatoms. The lowest BCUT2D eigenvalue weighted by Gasteiger charge is -2.42. The van der Waals surface area contributed by atoms with Crippen LogP contribution < -0.4 is 16.4 Å². The van der Waals surface area contributed by atoms with Gasteiger partial charge in [-0.25, -0.2) is 65.9 Å². The van der Waals surface area contributed by atoms with Gasteiger partial charge in [0, 0.05) is 7.92 Å². The van der Waals surface area contributed by atoms with E-state index < -0.39 is 118 Å². The van der Waals surface area contributed by atoms with Crippen molar-refractivity contribution in [3.63, 3.8) is 0 Å². The summed E-state index contributed by atoms with van der Waals surface area (Å²) < 4.78 is 225. The molecule has 0 aliphatic rings. The molecular formula is C30H28BF16P. The largest absolute Gasteiger partial charge is 0.498 e. The molecule has 0 fully saturated rings. The van der Waals surface area contributed by atoms with E-state index in [0.29, 0.717) is 15.5 Å². The highest BCUT2D eigenvalue weighted by Gasteiger charge is 2.50. The molecule has 48 heavy (non-hydrogen) atoms. The second kappa shape index (κ2) is 13.4. The normalized spacial score (nSPS) is 12.9. The fraction of sp³-hybridized carbons (Fsp3) is 0.400. The monoisotopic (exact) mass is 734 g/mol. The van der Waals surface area contributed by atoms with E-state index in [2.05, 4.69) is 62.3 Å². The van der Waals surface area contributed by atoms with Gasteiger partial charge in [0.25, 0.3) is 6.42 Å². The zero-order chi connectivity index (χ0) is 38.0. The molecule has 0 bridgehead atoms. The predicted octanol–water partition coefficient (Wildman–Crippen LogP) is 9.31. The van der Waals surface area contributed by atoms with Crippen LogP contribution in [0.5, 0.6) is 0 Å². The van der Waals surface area contributed by atoms with Gasteiger partial charge < -0.3 is 4.32 Å². The SMILES string of the molecule is CC(C)(C)[PH+](C(C)(C)C)C(C)(C)C.Fc1c(F)c(F)c([B-](F)(c2c(F)c(F)c(F)c(F)c2F)c2c(F)c(F)c(F)c(F)c2F)c(F)c1F. The molecule has 0 radical (unpaired) electrons. The summed E-state index contributed by atoms with van der Waals surface area (Å²) in [4.78, 5) is 0. The quantitative estimate of drug-likeness (QED) is 0.0828. The highest BCUT2D eigenvalue weighted by molar-refractivity contribution is 7.62. The molecule has 0 aliphatic carbocycles. The summed E-state index contributed by atoms with van der Waals surface area (Å²) in [6.07, 6.45) is -6.91. The van der Waals surface area contributed by atoms with Crippen molar-refractivity contribution in [2.45, 2.75) is 77.8 Å². The van der Waals surface area contributed by atoms with E-state index in [-0.39, 0.29) is 0 Å². The highest BCUT2D eigenvalue weighted by Crippen LogP contribution is 2.66. The summed E-state index contributed by atoms with van der Waals surface area (Å²) in [6.45, 7) is 21.6. The molecule has 0 atom stereocenters. The Morgan fingerprint density at radius 2 is 0.417 bits per heavy atom. The van der Waals surface area contributed by atoms with Gasteiger partial charge in [-0.15, -0.1) is 0 Å². The minimum Gasteiger partial charge on any atom is -0.498 e. The topological polar surface area (TPSA) is 0 Å². The minimum absolute atomic E-state index is 0.391. The zero-order valence-electron chi connectivity index (χ0n) is 26.6. The molecule has 0 spiro atoms. The summed E-state index contributed by atoms with van der Waals surface area (Å²) in [5.74, 6) is -49.3. The Morgan fingerprint density at radius 3 is 0.521 bits per heavy atom. The van der Waals surface area contributed by atoms with Crippen LogP contribution in [0.1, 0.15) is 62.3 Å². The van der Waals surface area contributed by atoms with Crippen molar-refractivity contribution < 1.29 is 70.2 Å². The van der Waals surface area contributed by atoms with Crippen LogP contribution in [0.25, 0.3) is 0 Å². The number of hydrogen-bond acceptors (Lipinski definition) is 0. The van der Waals surface area contributed by atoms with Crippen molar-refractivity contribution in [1.82, 2.24) is 0 Å². The van der Waals surface area contributed by atoms with Gasteiger partial charge in [-0.2, -0.15) is 0 Å². The van der Waals surface area contributed by atoms with Gasteiger partial charge >= 0.3 is 0 Å². The molecule has 3 rings (SSSR count). The van der Waals surface area contributed by atoms with Crippen LogP contribution in [-0.4, -0.2) is 21.9 Å². The molecule has 268 valence electrons. The van der Waals surface area contributed by atoms with Gasteiger partial charge in [-0.1, -0.05) is 16.4 Å². The number of hydrogen-bond donors (Lipinski definition) is 0. The summed E-state index contributed by atoms with van der Waals surface area (Å²) >= 11 is 0. The first-order valence-electron chi connectivity index (χ1n) is 13.7. The second-order valence-corrected chi connectivity index (χ2v) is 19.1. The van der Waals surface area contributed by atoms with Crippen LogP contribution in [0, 0.1) is 87.3 Å². The van der Waals surface area contributed by atoms with Gasteiger partial charge in [-0.3, -0.25) is 0 Å². The average molecular weight is 734 g/mol. The lowest BCUT2D eigenvalue weighted by molar-refractivity contribution is 0.377. The summed E-state index contributed by atoms with van der Waals surface area (Å²) in [5.41, 5.74) is -9.89. The first-order chi connectivity index (χ1) is 21.4. The van der Waals surface area contributed by atoms with Crippen LogP contribution in [0.15, 0.2) is 0 Å². The van der Waals surface area contributed by atoms with E-state index in [1.54, 1.807) is 0 Å². The molecule has 3 aromatic rings. The maximum absolute atomic E-state index is 16.3. The predicted molar refractivity (Wildman–Crippen MR) is 152 cm³/mol. The second-order valence-electron chi connectivity index (χ2n) is 13.8. The summed E-state index contributed by atoms with van der Waals surface area (Å²) in [5, 5.41) is 1.46. The molecule has 0 saturated heterocycles. The Bertz CT molecular complexity index is 1460. The van der Waals surface area contributed by atoms with E-state index >= 15 is 4.32 Å². The maximum atomic E-state index is 16.3. The van der Waals surface area contributed by atoms with Gasteiger partial charge in [-0.05, 0) is 62.3 Å². The van der Waals surface area contributed by atoms with Crippen molar-refractivity contribution in [3.05, 3.63) is 87.3 Å². The third-order valence-electron chi connectivity index (χ3n) is 7.17. The van der Waals surface area contributed by atoms with Gasteiger partial charge in [0.1, 0.15) is 34.9 Å². The fourth-order valence-electron chi connectivity index (χ4n) is 6.72. The molecule has 0 N–H and O–H groups in total. The van der Waals surface area contributed by atoms with E-state index in [1.165, 1.54) is 0 Å². The molecule has 0 aromatic heterocycles. The molecule has 0 amide bonds. The van der Waals surface area contributed by atoms with E-state index in [0.717, 1.165) is 0 Å². The summed E-state index contributed by atoms with van der Waals surface area (Å²) in [7, 11) is -0.391. The van der Waals surface area contributed by atoms with Gasteiger partial charge in [0.05, 0.1) is 15.5 Å². The van der Waals surface area contributed by atoms with Crippen molar-refractivity contribution in [3.8, 4) is 0 Å². The first-order valence-corrected chi connectivity index (χ1v) is 15.2. The standard InChI is InChI=1S/C18BF16.C12H27P/c20-4-1(5(21)11(27)16(32)10(4)26)19(35,2-6(22)12(28)17(33)13(29)7(2)23)3-8(24)14(30)18(34)15(31)9(3)25;1-10(2,3)13(11(4,5)6)12(7,8)9/h;1-9H3/q-1;/p+1. The van der Waals surface area contributed by atoms with Gasteiger partial charge in [0.2, 0.25) is 0 Å². The Morgan fingerprint density at radius 1 is 0.292 bits per heavy atom. The Hall–Kier alpha value is -2.97. The van der Waals surface area contributed by atoms with Crippen molar-refractivity contribution in [2.24, 2.45) is 0 Å². The lowest BCUT2D eigenvalue weighted by atomic mass is 9.30. The molecule has 0 saturated carbocycles. The van der Waals surface area contributed by atoms with E-state index in [9.17, 15) is 65.9 Å². The van der Waals surface area contributed by atoms with Crippen molar-refractivity contribution in [2.75, 3.05) is 0 Å². The molecule has 0 heterocycles. The smallest absolute Gasteiger partial charge is 0.251 e. The van der Waals surface area contributed by atoms with Crippen LogP contribution >= 0.6 is 7.92 Å². The third-order valence-corrected chi connectivity index (χ3v) is 11.7. The van der Waals surface area contributed by atoms with Crippen molar-refractivity contribution in [1.29, 1.82) is 0 Å². The van der Waals surface area contributed by atoms with Crippen molar-refractivity contribution >= 4 is 30.7 Å². The number of halogens is 16. The van der Waals surface area contributed by atoms with Crippen LogP contribution in [0.3, 0.4) is 0 Å².